The van der Waals surface area contributed by atoms with Crippen LogP contribution in [-0.2, 0) is 30.5 Å². The molecule has 1 atom stereocenters. The normalized spacial score (nSPS) is 16.0. The number of hydrogen-bond donors (Lipinski definition) is 5. The smallest absolute Gasteiger partial charge is 0.336 e. The molecular weight excluding hydrogens is 791 g/mol. The highest BCUT2D eigenvalue weighted by atomic mass is 35.5. The molecular formula is C42H50Cl2N4O10. The van der Waals surface area contributed by atoms with Gasteiger partial charge in [-0.1, -0.05) is 77.8 Å². The van der Waals surface area contributed by atoms with Gasteiger partial charge < -0.3 is 40.4 Å². The summed E-state index contributed by atoms with van der Waals surface area (Å²) in [5.74, 6) is -5.00. The molecule has 312 valence electrons. The Morgan fingerprint density at radius 3 is 2.00 bits per heavy atom. The van der Waals surface area contributed by atoms with E-state index in [-0.39, 0.29) is 23.6 Å². The molecule has 2 heterocycles. The first-order valence-electron chi connectivity index (χ1n) is 19.0. The van der Waals surface area contributed by atoms with Crippen molar-refractivity contribution >= 4 is 58.8 Å². The third-order valence-corrected chi connectivity index (χ3v) is 11.3. The van der Waals surface area contributed by atoms with Gasteiger partial charge in [0.2, 0.25) is 11.8 Å². The van der Waals surface area contributed by atoms with Gasteiger partial charge in [-0.3, -0.25) is 24.0 Å². The Balaban J connectivity index is 0.000000492. The molecule has 0 spiro atoms. The molecule has 2 aliphatic rings. The number of nitrogens with one attached hydrogen (secondary N) is 1. The highest BCUT2D eigenvalue weighted by Gasteiger charge is 2.48. The van der Waals surface area contributed by atoms with E-state index in [2.05, 4.69) is 10.2 Å². The van der Waals surface area contributed by atoms with Gasteiger partial charge in [-0.15, -0.1) is 0 Å². The average molecular weight is 842 g/mol. The predicted molar refractivity (Wildman–Crippen MR) is 217 cm³/mol. The van der Waals surface area contributed by atoms with Crippen LogP contribution in [0.25, 0.3) is 0 Å². The number of amides is 3. The number of carbonyl (C=O) groups is 6. The number of aliphatic carboxylic acids is 3. The SMILES string of the molecule is CN(C[C@@H](CCN1CCC(C(=O)NCc2ccccc2)(N2CCCCC2=O)CC1)c1ccc(Cl)c(Cl)c1)C(=O)c1ccccc1.O=C(O)CC(O)(CC(=O)O)C(=O)O. The summed E-state index contributed by atoms with van der Waals surface area (Å²) < 4.78 is 0. The van der Waals surface area contributed by atoms with Crippen LogP contribution < -0.4 is 5.32 Å². The third-order valence-electron chi connectivity index (χ3n) is 10.6. The number of rotatable bonds is 16. The standard InChI is InChI=1S/C36H42Cl2N4O3.C6H8O7/c1-40(34(44)28-12-6-3-7-13-28)26-30(29-15-16-31(37)32(38)24-29)17-21-41-22-18-36(19-23-41,42-20-9-8-14-33(42)43)35(45)39-25-27-10-4-2-5-11-27;7-3(8)1-6(13,5(11)12)2-4(9)10/h2-7,10-13,15-16,24,30H,8-9,14,17-23,25-26H2,1H3,(H,39,45);13H,1-2H2,(H,7,8)(H,9,10)(H,11,12)/t30-;/m1./s1. The quantitative estimate of drug-likeness (QED) is 0.128. The highest BCUT2D eigenvalue weighted by Crippen LogP contribution is 2.34. The summed E-state index contributed by atoms with van der Waals surface area (Å²) in [4.78, 5) is 76.7. The number of halogens is 2. The fourth-order valence-electron chi connectivity index (χ4n) is 7.36. The third kappa shape index (κ3) is 12.5. The van der Waals surface area contributed by atoms with Crippen LogP contribution >= 0.6 is 23.2 Å². The van der Waals surface area contributed by atoms with E-state index in [0.717, 1.165) is 36.9 Å². The molecule has 3 aromatic rings. The number of benzene rings is 3. The maximum absolute atomic E-state index is 13.9. The van der Waals surface area contributed by atoms with Crippen LogP contribution in [0.15, 0.2) is 78.9 Å². The Morgan fingerprint density at radius 1 is 0.845 bits per heavy atom. The molecule has 2 saturated heterocycles. The lowest BCUT2D eigenvalue weighted by Crippen LogP contribution is -2.65. The number of carboxylic acid groups (broad SMARTS) is 3. The van der Waals surface area contributed by atoms with Gasteiger partial charge in [-0.25, -0.2) is 4.79 Å². The fourth-order valence-corrected chi connectivity index (χ4v) is 7.67. The summed E-state index contributed by atoms with van der Waals surface area (Å²) in [5.41, 5.74) is -0.862. The topological polar surface area (TPSA) is 205 Å². The van der Waals surface area contributed by atoms with E-state index in [9.17, 15) is 28.8 Å². The molecule has 16 heteroatoms. The number of likely N-dealkylation sites (N-methyl/N-ethyl adjacent to an activating group) is 1. The molecule has 3 aromatic carbocycles. The van der Waals surface area contributed by atoms with Crippen molar-refractivity contribution in [2.24, 2.45) is 0 Å². The van der Waals surface area contributed by atoms with E-state index >= 15 is 0 Å². The van der Waals surface area contributed by atoms with Gasteiger partial charge in [-0.2, -0.15) is 0 Å². The number of carbonyl (C=O) groups excluding carboxylic acids is 3. The van der Waals surface area contributed by atoms with Crippen LogP contribution in [0.3, 0.4) is 0 Å². The van der Waals surface area contributed by atoms with Crippen LogP contribution in [-0.4, -0.2) is 122 Å². The maximum atomic E-state index is 13.9. The summed E-state index contributed by atoms with van der Waals surface area (Å²) in [7, 11) is 1.83. The monoisotopic (exact) mass is 840 g/mol. The van der Waals surface area contributed by atoms with Crippen molar-refractivity contribution in [2.45, 2.75) is 75.0 Å². The van der Waals surface area contributed by atoms with Crippen LogP contribution in [0.5, 0.6) is 0 Å². The van der Waals surface area contributed by atoms with Crippen molar-refractivity contribution in [3.63, 3.8) is 0 Å². The molecule has 0 aliphatic carbocycles. The molecule has 0 radical (unpaired) electrons. The predicted octanol–water partition coefficient (Wildman–Crippen LogP) is 5.15. The summed E-state index contributed by atoms with van der Waals surface area (Å²) >= 11 is 12.7. The first-order chi connectivity index (χ1) is 27.5. The van der Waals surface area contributed by atoms with Crippen LogP contribution in [0.2, 0.25) is 10.0 Å². The minimum atomic E-state index is -2.74. The Morgan fingerprint density at radius 2 is 1.45 bits per heavy atom. The summed E-state index contributed by atoms with van der Waals surface area (Å²) in [5, 5.41) is 38.0. The van der Waals surface area contributed by atoms with E-state index < -0.39 is 41.9 Å². The minimum Gasteiger partial charge on any atom is -0.481 e. The van der Waals surface area contributed by atoms with Gasteiger partial charge >= 0.3 is 17.9 Å². The van der Waals surface area contributed by atoms with Crippen molar-refractivity contribution in [3.05, 3.63) is 106 Å². The van der Waals surface area contributed by atoms with E-state index in [1.54, 1.807) is 4.90 Å². The van der Waals surface area contributed by atoms with Gasteiger partial charge in [0.1, 0.15) is 5.54 Å². The van der Waals surface area contributed by atoms with Gasteiger partial charge in [0, 0.05) is 57.7 Å². The number of hydrogen-bond acceptors (Lipinski definition) is 8. The largest absolute Gasteiger partial charge is 0.481 e. The van der Waals surface area contributed by atoms with Crippen molar-refractivity contribution < 1.29 is 49.2 Å². The molecule has 58 heavy (non-hydrogen) atoms. The summed E-state index contributed by atoms with van der Waals surface area (Å²) in [6.07, 6.45) is 1.97. The average Bonchev–Trinajstić information content (AvgIpc) is 3.20. The van der Waals surface area contributed by atoms with Crippen molar-refractivity contribution in [1.82, 2.24) is 20.0 Å². The van der Waals surface area contributed by atoms with Crippen LogP contribution in [0.4, 0.5) is 0 Å². The molecule has 0 bridgehead atoms. The van der Waals surface area contributed by atoms with E-state index in [4.69, 9.17) is 43.6 Å². The molecule has 14 nitrogen and oxygen atoms in total. The Labute approximate surface area is 347 Å². The molecule has 0 unspecified atom stereocenters. The number of aliphatic hydroxyl groups is 1. The van der Waals surface area contributed by atoms with Gasteiger partial charge in [0.15, 0.2) is 5.60 Å². The zero-order valence-corrected chi connectivity index (χ0v) is 33.8. The number of piperidine rings is 2. The fraction of sp³-hybridized carbons (Fsp3) is 0.429. The lowest BCUT2D eigenvalue weighted by Gasteiger charge is -2.49. The van der Waals surface area contributed by atoms with Crippen molar-refractivity contribution in [1.29, 1.82) is 0 Å². The molecule has 5 rings (SSSR count). The Kier molecular flexibility index (Phi) is 16.6. The van der Waals surface area contributed by atoms with Gasteiger partial charge in [-0.05, 0) is 74.0 Å². The second kappa shape index (κ2) is 21.1. The molecule has 3 amide bonds. The minimum absolute atomic E-state index is 0.0296. The number of likely N-dealkylation sites (tertiary alicyclic amines) is 2. The second-order valence-corrected chi connectivity index (χ2v) is 15.5. The second-order valence-electron chi connectivity index (χ2n) is 14.7. The van der Waals surface area contributed by atoms with E-state index in [1.807, 2.05) is 90.8 Å². The molecule has 0 aromatic heterocycles. The van der Waals surface area contributed by atoms with Crippen LogP contribution in [0.1, 0.15) is 78.8 Å². The summed E-state index contributed by atoms with van der Waals surface area (Å²) in [6, 6.07) is 24.9. The molecule has 2 fully saturated rings. The van der Waals surface area contributed by atoms with Crippen LogP contribution in [0, 0.1) is 0 Å². The zero-order chi connectivity index (χ0) is 42.5. The van der Waals surface area contributed by atoms with E-state index in [1.165, 1.54) is 0 Å². The Hall–Kier alpha value is -5.02. The highest BCUT2D eigenvalue weighted by molar-refractivity contribution is 6.42. The van der Waals surface area contributed by atoms with Crippen molar-refractivity contribution in [2.75, 3.05) is 39.8 Å². The zero-order valence-electron chi connectivity index (χ0n) is 32.3. The number of nitrogens with zero attached hydrogens (tertiary/aromatic N) is 3. The first kappa shape index (κ1) is 45.7. The van der Waals surface area contributed by atoms with E-state index in [0.29, 0.717) is 67.6 Å². The molecule has 2 aliphatic heterocycles. The maximum Gasteiger partial charge on any atom is 0.336 e. The first-order valence-corrected chi connectivity index (χ1v) is 19.8. The molecule has 5 N–H and O–H groups in total. The Bertz CT molecular complexity index is 1890. The van der Waals surface area contributed by atoms with Gasteiger partial charge in [0.25, 0.3) is 5.91 Å². The van der Waals surface area contributed by atoms with Gasteiger partial charge in [0.05, 0.1) is 22.9 Å². The lowest BCUT2D eigenvalue weighted by atomic mass is 9.82. The van der Waals surface area contributed by atoms with Crippen molar-refractivity contribution in [3.8, 4) is 0 Å². The molecule has 0 saturated carbocycles. The number of carboxylic acids is 3. The summed E-state index contributed by atoms with van der Waals surface area (Å²) in [6.45, 7) is 3.78. The lowest BCUT2D eigenvalue weighted by molar-refractivity contribution is -0.170.